The van der Waals surface area contributed by atoms with Gasteiger partial charge in [0.1, 0.15) is 0 Å². The lowest BCUT2D eigenvalue weighted by Gasteiger charge is -2.11. The van der Waals surface area contributed by atoms with E-state index in [1.165, 1.54) is 0 Å². The fourth-order valence-corrected chi connectivity index (χ4v) is 3.00. The van der Waals surface area contributed by atoms with Gasteiger partial charge in [-0.2, -0.15) is 10.4 Å². The molecule has 4 rings (SSSR count). The predicted molar refractivity (Wildman–Crippen MR) is 103 cm³/mol. The van der Waals surface area contributed by atoms with Crippen LogP contribution in [-0.4, -0.2) is 25.1 Å². The van der Waals surface area contributed by atoms with Gasteiger partial charge >= 0.3 is 0 Å². The van der Waals surface area contributed by atoms with E-state index in [1.54, 1.807) is 18.5 Å². The minimum Gasteiger partial charge on any atom is -0.349 e. The Balaban J connectivity index is 1.62. The monoisotopic (exact) mass is 355 g/mol. The molecular weight excluding hydrogens is 338 g/mol. The zero-order chi connectivity index (χ0) is 18.8. The van der Waals surface area contributed by atoms with E-state index >= 15 is 0 Å². The highest BCUT2D eigenvalue weighted by Gasteiger charge is 2.11. The second kappa shape index (κ2) is 6.84. The smallest absolute Gasteiger partial charge is 0.223 e. The molecule has 4 aromatic rings. The van der Waals surface area contributed by atoms with Gasteiger partial charge in [-0.05, 0) is 49.2 Å². The Morgan fingerprint density at radius 3 is 2.85 bits per heavy atom. The highest BCUT2D eigenvalue weighted by atomic mass is 15.2. The van der Waals surface area contributed by atoms with E-state index in [2.05, 4.69) is 36.5 Å². The third-order valence-corrected chi connectivity index (χ3v) is 4.41. The molecule has 0 fully saturated rings. The molecule has 0 atom stereocenters. The average molecular weight is 355 g/mol. The summed E-state index contributed by atoms with van der Waals surface area (Å²) in [5, 5.41) is 20.5. The highest BCUT2D eigenvalue weighted by molar-refractivity contribution is 5.77. The van der Waals surface area contributed by atoms with Crippen LogP contribution in [0, 0.1) is 25.2 Å². The van der Waals surface area contributed by atoms with Crippen molar-refractivity contribution in [3.8, 4) is 17.3 Å². The molecular formula is C20H17N7. The lowest BCUT2D eigenvalue weighted by atomic mass is 10.0. The Hall–Kier alpha value is -3.79. The standard InChI is InChI=1S/C20H17N7/c1-12-8-14(9-21)5-6-15(12)18-13(2)10-23-20(25-18)24-11-17-16-4-3-7-22-19(16)27-26-17/h3-8,10H,11H2,1-2H3,(H,22,26,27)(H,23,24,25). The molecule has 132 valence electrons. The first-order valence-corrected chi connectivity index (χ1v) is 8.52. The van der Waals surface area contributed by atoms with Gasteiger partial charge in [-0.25, -0.2) is 15.0 Å². The van der Waals surface area contributed by atoms with Crippen molar-refractivity contribution in [3.05, 3.63) is 65.1 Å². The van der Waals surface area contributed by atoms with Gasteiger partial charge in [0, 0.05) is 23.3 Å². The average Bonchev–Trinajstić information content (AvgIpc) is 3.11. The van der Waals surface area contributed by atoms with Crippen molar-refractivity contribution < 1.29 is 0 Å². The summed E-state index contributed by atoms with van der Waals surface area (Å²) in [5.41, 5.74) is 6.09. The van der Waals surface area contributed by atoms with E-state index < -0.39 is 0 Å². The van der Waals surface area contributed by atoms with Crippen molar-refractivity contribution in [1.82, 2.24) is 25.1 Å². The fraction of sp³-hybridized carbons (Fsp3) is 0.150. The third kappa shape index (κ3) is 3.20. The van der Waals surface area contributed by atoms with Crippen LogP contribution in [0.2, 0.25) is 0 Å². The Morgan fingerprint density at radius 2 is 2.04 bits per heavy atom. The molecule has 0 unspecified atom stereocenters. The molecule has 0 spiro atoms. The van der Waals surface area contributed by atoms with E-state index in [-0.39, 0.29) is 0 Å². The fourth-order valence-electron chi connectivity index (χ4n) is 3.00. The Kier molecular flexibility index (Phi) is 4.22. The first kappa shape index (κ1) is 16.7. The number of hydrogen-bond acceptors (Lipinski definition) is 6. The minimum atomic E-state index is 0.511. The number of nitrogens with one attached hydrogen (secondary N) is 2. The maximum Gasteiger partial charge on any atom is 0.223 e. The summed E-state index contributed by atoms with van der Waals surface area (Å²) < 4.78 is 0. The molecule has 27 heavy (non-hydrogen) atoms. The van der Waals surface area contributed by atoms with Gasteiger partial charge in [0.2, 0.25) is 5.95 Å². The molecule has 1 aromatic carbocycles. The van der Waals surface area contributed by atoms with Crippen molar-refractivity contribution >= 4 is 17.0 Å². The van der Waals surface area contributed by atoms with Gasteiger partial charge in [0.05, 0.1) is 29.6 Å². The number of rotatable bonds is 4. The maximum absolute atomic E-state index is 9.06. The van der Waals surface area contributed by atoms with Crippen LogP contribution >= 0.6 is 0 Å². The molecule has 0 aliphatic heterocycles. The van der Waals surface area contributed by atoms with Gasteiger partial charge in [-0.15, -0.1) is 0 Å². The number of hydrogen-bond donors (Lipinski definition) is 2. The van der Waals surface area contributed by atoms with Gasteiger partial charge in [-0.3, -0.25) is 5.10 Å². The van der Waals surface area contributed by atoms with Gasteiger partial charge in [0.15, 0.2) is 5.65 Å². The number of benzene rings is 1. The molecule has 3 heterocycles. The first-order valence-electron chi connectivity index (χ1n) is 8.52. The summed E-state index contributed by atoms with van der Waals surface area (Å²) in [7, 11) is 0. The molecule has 7 heteroatoms. The number of pyridine rings is 1. The van der Waals surface area contributed by atoms with Crippen molar-refractivity contribution in [2.75, 3.05) is 5.32 Å². The molecule has 0 bridgehead atoms. The first-order chi connectivity index (χ1) is 13.2. The topological polar surface area (TPSA) is 103 Å². The number of aromatic amines is 1. The largest absolute Gasteiger partial charge is 0.349 e. The number of H-pyrrole nitrogens is 1. The van der Waals surface area contributed by atoms with Crippen LogP contribution in [0.1, 0.15) is 22.4 Å². The van der Waals surface area contributed by atoms with Crippen molar-refractivity contribution in [3.63, 3.8) is 0 Å². The van der Waals surface area contributed by atoms with E-state index in [1.807, 2.05) is 38.1 Å². The molecule has 2 N–H and O–H groups in total. The maximum atomic E-state index is 9.06. The van der Waals surface area contributed by atoms with E-state index in [0.717, 1.165) is 33.5 Å². The van der Waals surface area contributed by atoms with Crippen LogP contribution in [0.25, 0.3) is 22.3 Å². The number of nitriles is 1. The van der Waals surface area contributed by atoms with Crippen molar-refractivity contribution in [2.24, 2.45) is 0 Å². The van der Waals surface area contributed by atoms with E-state index in [9.17, 15) is 0 Å². The third-order valence-electron chi connectivity index (χ3n) is 4.41. The SMILES string of the molecule is Cc1cc(C#N)ccc1-c1nc(NCc2[nH]nc3ncccc23)ncc1C. The lowest BCUT2D eigenvalue weighted by molar-refractivity contribution is 0.967. The molecule has 7 nitrogen and oxygen atoms in total. The normalized spacial score (nSPS) is 10.7. The van der Waals surface area contributed by atoms with E-state index in [0.29, 0.717) is 23.7 Å². The van der Waals surface area contributed by atoms with Crippen LogP contribution in [0.5, 0.6) is 0 Å². The van der Waals surface area contributed by atoms with Gasteiger partial charge in [-0.1, -0.05) is 6.07 Å². The van der Waals surface area contributed by atoms with Crippen LogP contribution in [0.3, 0.4) is 0 Å². The highest BCUT2D eigenvalue weighted by Crippen LogP contribution is 2.26. The van der Waals surface area contributed by atoms with Crippen LogP contribution < -0.4 is 5.32 Å². The van der Waals surface area contributed by atoms with Gasteiger partial charge in [0.25, 0.3) is 0 Å². The molecule has 0 aliphatic rings. The summed E-state index contributed by atoms with van der Waals surface area (Å²) in [5.74, 6) is 0.533. The van der Waals surface area contributed by atoms with Crippen LogP contribution in [-0.2, 0) is 6.54 Å². The van der Waals surface area contributed by atoms with Gasteiger partial charge < -0.3 is 5.32 Å². The second-order valence-corrected chi connectivity index (χ2v) is 6.30. The van der Waals surface area contributed by atoms with Crippen molar-refractivity contribution in [1.29, 1.82) is 5.26 Å². The summed E-state index contributed by atoms with van der Waals surface area (Å²) in [6.45, 7) is 4.47. The summed E-state index contributed by atoms with van der Waals surface area (Å²) in [6, 6.07) is 11.6. The lowest BCUT2D eigenvalue weighted by Crippen LogP contribution is -2.06. The summed E-state index contributed by atoms with van der Waals surface area (Å²) >= 11 is 0. The Morgan fingerprint density at radius 1 is 1.15 bits per heavy atom. The number of aromatic nitrogens is 5. The molecule has 0 amide bonds. The predicted octanol–water partition coefficient (Wildman–Crippen LogP) is 3.52. The van der Waals surface area contributed by atoms with Crippen LogP contribution in [0.15, 0.2) is 42.7 Å². The van der Waals surface area contributed by atoms with Crippen LogP contribution in [0.4, 0.5) is 5.95 Å². The Labute approximate surface area is 156 Å². The zero-order valence-electron chi connectivity index (χ0n) is 15.0. The molecule has 0 radical (unpaired) electrons. The summed E-state index contributed by atoms with van der Waals surface area (Å²) in [6.07, 6.45) is 3.52. The summed E-state index contributed by atoms with van der Waals surface area (Å²) in [4.78, 5) is 13.3. The zero-order valence-corrected chi connectivity index (χ0v) is 15.0. The molecule has 0 saturated carbocycles. The number of nitrogens with zero attached hydrogens (tertiary/aromatic N) is 5. The number of fused-ring (bicyclic) bond motifs is 1. The Bertz CT molecular complexity index is 1170. The molecule has 0 aliphatic carbocycles. The van der Waals surface area contributed by atoms with Crippen molar-refractivity contribution in [2.45, 2.75) is 20.4 Å². The van der Waals surface area contributed by atoms with E-state index in [4.69, 9.17) is 5.26 Å². The second-order valence-electron chi connectivity index (χ2n) is 6.30. The number of anilines is 1. The quantitative estimate of drug-likeness (QED) is 0.580. The molecule has 0 saturated heterocycles. The molecule has 3 aromatic heterocycles. The minimum absolute atomic E-state index is 0.511. The number of aryl methyl sites for hydroxylation is 2.